The van der Waals surface area contributed by atoms with Gasteiger partial charge in [0, 0.05) is 21.3 Å². The van der Waals surface area contributed by atoms with E-state index in [-0.39, 0.29) is 12.3 Å². The van der Waals surface area contributed by atoms with Crippen LogP contribution in [0.15, 0.2) is 29.6 Å². The molecular weight excluding hydrogens is 415 g/mol. The third kappa shape index (κ3) is 4.07. The summed E-state index contributed by atoms with van der Waals surface area (Å²) in [5, 5.41) is 12.0. The van der Waals surface area contributed by atoms with E-state index in [0.29, 0.717) is 27.3 Å². The standard InChI is InChI=1S/C19H15ClF3NO3S/c1-9(18(25)26)13-8-28-15-6-12(5-14(20)17(13)15)27-7-11-3-4-16(19(21,22)23)24-10(11)2/h3-6,8-9H,7H2,1-2H3,(H,25,26). The van der Waals surface area contributed by atoms with Gasteiger partial charge in [-0.15, -0.1) is 11.3 Å². The normalized spacial score (nSPS) is 12.9. The van der Waals surface area contributed by atoms with Gasteiger partial charge in [-0.2, -0.15) is 13.2 Å². The van der Waals surface area contributed by atoms with Gasteiger partial charge in [0.2, 0.25) is 0 Å². The zero-order chi connectivity index (χ0) is 20.6. The van der Waals surface area contributed by atoms with Crippen LogP contribution in [0.2, 0.25) is 5.02 Å². The third-order valence-electron chi connectivity index (χ3n) is 4.35. The molecule has 2 heterocycles. The van der Waals surface area contributed by atoms with Gasteiger partial charge in [-0.3, -0.25) is 4.79 Å². The number of rotatable bonds is 5. The number of hydrogen-bond donors (Lipinski definition) is 1. The van der Waals surface area contributed by atoms with Crippen LogP contribution in [0.1, 0.15) is 35.4 Å². The summed E-state index contributed by atoms with van der Waals surface area (Å²) in [6.07, 6.45) is -4.49. The highest BCUT2D eigenvalue weighted by Crippen LogP contribution is 2.39. The number of fused-ring (bicyclic) bond motifs is 1. The maximum absolute atomic E-state index is 12.7. The number of carbonyl (C=O) groups is 1. The van der Waals surface area contributed by atoms with E-state index in [9.17, 15) is 23.1 Å². The van der Waals surface area contributed by atoms with E-state index in [1.54, 1.807) is 24.4 Å². The molecule has 148 valence electrons. The molecule has 1 atom stereocenters. The van der Waals surface area contributed by atoms with Crippen LogP contribution in [0.5, 0.6) is 5.75 Å². The average Bonchev–Trinajstić information content (AvgIpc) is 3.03. The van der Waals surface area contributed by atoms with Crippen LogP contribution in [-0.2, 0) is 17.6 Å². The molecule has 0 aliphatic heterocycles. The van der Waals surface area contributed by atoms with Crippen LogP contribution in [0.25, 0.3) is 10.1 Å². The third-order valence-corrected chi connectivity index (χ3v) is 5.59. The number of halogens is 4. The topological polar surface area (TPSA) is 59.4 Å². The van der Waals surface area contributed by atoms with Crippen molar-refractivity contribution in [1.82, 2.24) is 4.98 Å². The van der Waals surface area contributed by atoms with Crippen LogP contribution in [0.4, 0.5) is 13.2 Å². The SMILES string of the molecule is Cc1nc(C(F)(F)F)ccc1COc1cc(Cl)c2c(C(C)C(=O)O)csc2c1. The molecule has 0 bridgehead atoms. The second kappa shape index (κ2) is 7.60. The lowest BCUT2D eigenvalue weighted by Crippen LogP contribution is -2.10. The van der Waals surface area contributed by atoms with Crippen LogP contribution in [0.3, 0.4) is 0 Å². The second-order valence-electron chi connectivity index (χ2n) is 6.26. The summed E-state index contributed by atoms with van der Waals surface area (Å²) in [6.45, 7) is 3.11. The van der Waals surface area contributed by atoms with Crippen molar-refractivity contribution in [3.05, 3.63) is 57.2 Å². The Morgan fingerprint density at radius 1 is 1.36 bits per heavy atom. The number of nitrogens with zero attached hydrogens (tertiary/aromatic N) is 1. The highest BCUT2D eigenvalue weighted by Gasteiger charge is 2.32. The highest BCUT2D eigenvalue weighted by atomic mass is 35.5. The van der Waals surface area contributed by atoms with E-state index in [4.69, 9.17) is 16.3 Å². The number of aryl methyl sites for hydroxylation is 1. The summed E-state index contributed by atoms with van der Waals surface area (Å²) in [7, 11) is 0. The Morgan fingerprint density at radius 3 is 2.68 bits per heavy atom. The summed E-state index contributed by atoms with van der Waals surface area (Å²) in [5.41, 5.74) is 0.440. The lowest BCUT2D eigenvalue weighted by Gasteiger charge is -2.12. The van der Waals surface area contributed by atoms with Crippen LogP contribution in [0, 0.1) is 6.92 Å². The van der Waals surface area contributed by atoms with Gasteiger partial charge < -0.3 is 9.84 Å². The van der Waals surface area contributed by atoms with E-state index >= 15 is 0 Å². The number of benzene rings is 1. The number of carboxylic acid groups (broad SMARTS) is 1. The molecule has 0 radical (unpaired) electrons. The Labute approximate surface area is 167 Å². The zero-order valence-electron chi connectivity index (χ0n) is 14.8. The smallest absolute Gasteiger partial charge is 0.433 e. The molecule has 0 aliphatic carbocycles. The maximum atomic E-state index is 12.7. The van der Waals surface area contributed by atoms with E-state index in [1.165, 1.54) is 24.3 Å². The van der Waals surface area contributed by atoms with Crippen molar-refractivity contribution < 1.29 is 27.8 Å². The number of alkyl halides is 3. The number of hydrogen-bond acceptors (Lipinski definition) is 4. The molecule has 0 saturated carbocycles. The van der Waals surface area contributed by atoms with Gasteiger partial charge in [0.05, 0.1) is 10.9 Å². The Kier molecular flexibility index (Phi) is 5.54. The van der Waals surface area contributed by atoms with Crippen molar-refractivity contribution in [3.63, 3.8) is 0 Å². The second-order valence-corrected chi connectivity index (χ2v) is 7.58. The number of pyridine rings is 1. The van der Waals surface area contributed by atoms with E-state index in [0.717, 1.165) is 10.8 Å². The molecule has 3 rings (SSSR count). The molecule has 0 spiro atoms. The van der Waals surface area contributed by atoms with Crippen molar-refractivity contribution in [2.45, 2.75) is 32.5 Å². The molecule has 1 aromatic carbocycles. The molecule has 0 fully saturated rings. The highest BCUT2D eigenvalue weighted by molar-refractivity contribution is 7.17. The summed E-state index contributed by atoms with van der Waals surface area (Å²) in [5.74, 6) is -1.20. The first-order chi connectivity index (χ1) is 13.1. The quantitative estimate of drug-likeness (QED) is 0.536. The largest absolute Gasteiger partial charge is 0.489 e. The van der Waals surface area contributed by atoms with Gasteiger partial charge in [-0.25, -0.2) is 4.98 Å². The molecule has 4 nitrogen and oxygen atoms in total. The lowest BCUT2D eigenvalue weighted by atomic mass is 10.0. The summed E-state index contributed by atoms with van der Waals surface area (Å²) >= 11 is 7.69. The predicted molar refractivity (Wildman–Crippen MR) is 101 cm³/mol. The van der Waals surface area contributed by atoms with Crippen LogP contribution < -0.4 is 4.74 Å². The Morgan fingerprint density at radius 2 is 2.07 bits per heavy atom. The van der Waals surface area contributed by atoms with Gasteiger partial charge in [0.25, 0.3) is 0 Å². The van der Waals surface area contributed by atoms with Gasteiger partial charge in [0.15, 0.2) is 0 Å². The van der Waals surface area contributed by atoms with Crippen molar-refractivity contribution >= 4 is 39.0 Å². The van der Waals surface area contributed by atoms with Gasteiger partial charge >= 0.3 is 12.1 Å². The van der Waals surface area contributed by atoms with Gasteiger partial charge in [-0.05, 0) is 43.0 Å². The van der Waals surface area contributed by atoms with E-state index < -0.39 is 23.8 Å². The molecule has 2 aromatic heterocycles. The molecule has 1 unspecified atom stereocenters. The minimum atomic E-state index is -4.49. The molecule has 28 heavy (non-hydrogen) atoms. The predicted octanol–water partition coefficient (Wildman–Crippen LogP) is 6.04. The van der Waals surface area contributed by atoms with E-state index in [2.05, 4.69) is 4.98 Å². The monoisotopic (exact) mass is 429 g/mol. The lowest BCUT2D eigenvalue weighted by molar-refractivity contribution is -0.141. The Hall–Kier alpha value is -2.32. The van der Waals surface area contributed by atoms with Crippen molar-refractivity contribution in [1.29, 1.82) is 0 Å². The first kappa shape index (κ1) is 20.4. The minimum Gasteiger partial charge on any atom is -0.489 e. The summed E-state index contributed by atoms with van der Waals surface area (Å²) in [4.78, 5) is 14.8. The van der Waals surface area contributed by atoms with Crippen LogP contribution in [-0.4, -0.2) is 16.1 Å². The average molecular weight is 430 g/mol. The number of aromatic nitrogens is 1. The molecule has 0 saturated heterocycles. The molecule has 3 aromatic rings. The Balaban J connectivity index is 1.83. The molecular formula is C19H15ClF3NO3S. The van der Waals surface area contributed by atoms with Gasteiger partial charge in [0.1, 0.15) is 18.1 Å². The fraction of sp³-hybridized carbons (Fsp3) is 0.263. The Bertz CT molecular complexity index is 1050. The minimum absolute atomic E-state index is 0.0303. The molecule has 9 heteroatoms. The fourth-order valence-electron chi connectivity index (χ4n) is 2.71. The first-order valence-corrected chi connectivity index (χ1v) is 9.43. The fourth-order valence-corrected chi connectivity index (χ4v) is 4.19. The number of carboxylic acids is 1. The van der Waals surface area contributed by atoms with Crippen molar-refractivity contribution in [2.24, 2.45) is 0 Å². The van der Waals surface area contributed by atoms with Crippen molar-refractivity contribution in [2.75, 3.05) is 0 Å². The van der Waals surface area contributed by atoms with Gasteiger partial charge in [-0.1, -0.05) is 17.7 Å². The van der Waals surface area contributed by atoms with E-state index in [1.807, 2.05) is 0 Å². The van der Waals surface area contributed by atoms with Crippen molar-refractivity contribution in [3.8, 4) is 5.75 Å². The number of ether oxygens (including phenoxy) is 1. The number of thiophene rings is 1. The molecule has 0 amide bonds. The number of aliphatic carboxylic acids is 1. The zero-order valence-corrected chi connectivity index (χ0v) is 16.4. The summed E-state index contributed by atoms with van der Waals surface area (Å²) in [6, 6.07) is 5.56. The van der Waals surface area contributed by atoms with Crippen LogP contribution >= 0.6 is 22.9 Å². The summed E-state index contributed by atoms with van der Waals surface area (Å²) < 4.78 is 44.6. The first-order valence-electron chi connectivity index (χ1n) is 8.18. The molecule has 1 N–H and O–H groups in total. The maximum Gasteiger partial charge on any atom is 0.433 e. The molecule has 0 aliphatic rings.